The van der Waals surface area contributed by atoms with E-state index >= 15 is 0 Å². The summed E-state index contributed by atoms with van der Waals surface area (Å²) in [6.07, 6.45) is 0.520. The Balaban J connectivity index is 0.00000364. The molecular formula is C18H29IN4O4. The van der Waals surface area contributed by atoms with Crippen LogP contribution in [0.2, 0.25) is 0 Å². The van der Waals surface area contributed by atoms with E-state index in [1.54, 1.807) is 25.0 Å². The largest absolute Gasteiger partial charge is 0.497 e. The molecule has 152 valence electrons. The number of methoxy groups -OCH3 is 1. The van der Waals surface area contributed by atoms with Crippen molar-refractivity contribution in [3.63, 3.8) is 0 Å². The molecule has 1 unspecified atom stereocenters. The molecule has 0 spiro atoms. The zero-order valence-electron chi connectivity index (χ0n) is 15.8. The minimum Gasteiger partial charge on any atom is -0.497 e. The minimum absolute atomic E-state index is 0. The summed E-state index contributed by atoms with van der Waals surface area (Å²) in [6.45, 7) is 3.58. The molecule has 1 aromatic rings. The van der Waals surface area contributed by atoms with Crippen LogP contribution >= 0.6 is 24.0 Å². The van der Waals surface area contributed by atoms with Crippen molar-refractivity contribution < 1.29 is 19.4 Å². The van der Waals surface area contributed by atoms with E-state index in [2.05, 4.69) is 10.3 Å². The molecule has 1 saturated heterocycles. The number of halogens is 1. The molecular weight excluding hydrogens is 463 g/mol. The van der Waals surface area contributed by atoms with E-state index in [1.165, 1.54) is 0 Å². The second-order valence-corrected chi connectivity index (χ2v) is 6.12. The third-order valence-electron chi connectivity index (χ3n) is 4.29. The van der Waals surface area contributed by atoms with Gasteiger partial charge in [-0.25, -0.2) is 4.79 Å². The summed E-state index contributed by atoms with van der Waals surface area (Å²) in [5.41, 5.74) is 6.65. The molecule has 1 fully saturated rings. The van der Waals surface area contributed by atoms with Gasteiger partial charge in [-0.2, -0.15) is 0 Å². The van der Waals surface area contributed by atoms with Gasteiger partial charge in [-0.15, -0.1) is 24.0 Å². The molecule has 2 rings (SSSR count). The molecule has 1 amide bonds. The van der Waals surface area contributed by atoms with E-state index in [0.717, 1.165) is 18.4 Å². The van der Waals surface area contributed by atoms with Crippen molar-refractivity contribution in [3.8, 4) is 5.75 Å². The highest BCUT2D eigenvalue weighted by Crippen LogP contribution is 2.19. The maximum absolute atomic E-state index is 11.7. The second kappa shape index (κ2) is 11.9. The van der Waals surface area contributed by atoms with Gasteiger partial charge in [-0.05, 0) is 37.5 Å². The molecule has 0 saturated carbocycles. The highest BCUT2D eigenvalue weighted by Gasteiger charge is 2.23. The smallest absolute Gasteiger partial charge is 0.409 e. The number of aliphatic imine (C=N–C) groups is 1. The molecule has 1 aromatic carbocycles. The van der Waals surface area contributed by atoms with Crippen LogP contribution in [0.1, 0.15) is 31.4 Å². The predicted molar refractivity (Wildman–Crippen MR) is 115 cm³/mol. The van der Waals surface area contributed by atoms with Crippen molar-refractivity contribution in [2.45, 2.75) is 31.9 Å². The number of hydrogen-bond acceptors (Lipinski definition) is 5. The predicted octanol–water partition coefficient (Wildman–Crippen LogP) is 1.87. The van der Waals surface area contributed by atoms with Gasteiger partial charge in [0, 0.05) is 19.1 Å². The van der Waals surface area contributed by atoms with Crippen molar-refractivity contribution in [1.29, 1.82) is 0 Å². The molecule has 27 heavy (non-hydrogen) atoms. The number of ether oxygens (including phenoxy) is 2. The number of nitrogens with one attached hydrogen (secondary N) is 1. The van der Waals surface area contributed by atoms with Crippen molar-refractivity contribution in [2.24, 2.45) is 10.7 Å². The van der Waals surface area contributed by atoms with Crippen molar-refractivity contribution >= 4 is 36.0 Å². The van der Waals surface area contributed by atoms with Crippen LogP contribution in [-0.2, 0) is 4.74 Å². The molecule has 0 radical (unpaired) electrons. The first-order valence-electron chi connectivity index (χ1n) is 8.83. The number of hydrogen-bond donors (Lipinski definition) is 3. The van der Waals surface area contributed by atoms with Gasteiger partial charge in [0.2, 0.25) is 0 Å². The lowest BCUT2D eigenvalue weighted by molar-refractivity contribution is 0.0963. The van der Waals surface area contributed by atoms with E-state index < -0.39 is 6.10 Å². The number of carbonyl (C=O) groups excluding carboxylic acids is 1. The van der Waals surface area contributed by atoms with E-state index in [0.29, 0.717) is 31.4 Å². The summed E-state index contributed by atoms with van der Waals surface area (Å²) in [4.78, 5) is 17.6. The number of piperidine rings is 1. The fourth-order valence-corrected chi connectivity index (χ4v) is 2.81. The molecule has 1 aliphatic rings. The van der Waals surface area contributed by atoms with Gasteiger partial charge >= 0.3 is 6.09 Å². The van der Waals surface area contributed by atoms with Gasteiger partial charge < -0.3 is 30.5 Å². The molecule has 9 heteroatoms. The molecule has 1 heterocycles. The van der Waals surface area contributed by atoms with Gasteiger partial charge in [0.15, 0.2) is 5.96 Å². The Morgan fingerprint density at radius 3 is 2.78 bits per heavy atom. The molecule has 0 aromatic heterocycles. The number of amides is 1. The molecule has 1 atom stereocenters. The fraction of sp³-hybridized carbons (Fsp3) is 0.556. The number of carbonyl (C=O) groups is 1. The van der Waals surface area contributed by atoms with E-state index in [4.69, 9.17) is 15.2 Å². The number of rotatable bonds is 6. The normalized spacial score (nSPS) is 16.3. The summed E-state index contributed by atoms with van der Waals surface area (Å²) < 4.78 is 10.2. The Labute approximate surface area is 177 Å². The van der Waals surface area contributed by atoms with Crippen LogP contribution in [0.5, 0.6) is 5.75 Å². The Bertz CT molecular complexity index is 621. The number of likely N-dealkylation sites (tertiary alicyclic amines) is 1. The fourth-order valence-electron chi connectivity index (χ4n) is 2.81. The summed E-state index contributed by atoms with van der Waals surface area (Å²) in [5.74, 6) is 0.978. The topological polar surface area (TPSA) is 109 Å². The molecule has 4 N–H and O–H groups in total. The number of aliphatic hydroxyl groups is 1. The molecule has 0 bridgehead atoms. The number of benzene rings is 1. The number of guanidine groups is 1. The Hall–Kier alpha value is -1.75. The second-order valence-electron chi connectivity index (χ2n) is 6.12. The Morgan fingerprint density at radius 2 is 2.15 bits per heavy atom. The van der Waals surface area contributed by atoms with Crippen LogP contribution in [0.3, 0.4) is 0 Å². The summed E-state index contributed by atoms with van der Waals surface area (Å²) in [7, 11) is 1.58. The van der Waals surface area contributed by atoms with Gasteiger partial charge in [0.05, 0.1) is 26.4 Å². The molecule has 0 aliphatic carbocycles. The number of nitrogens with two attached hydrogens (primary N) is 1. The van der Waals surface area contributed by atoms with Crippen LogP contribution < -0.4 is 15.8 Å². The van der Waals surface area contributed by atoms with Crippen LogP contribution in [0.4, 0.5) is 4.79 Å². The first-order chi connectivity index (χ1) is 12.5. The highest BCUT2D eigenvalue weighted by atomic mass is 127. The average Bonchev–Trinajstić information content (AvgIpc) is 2.67. The lowest BCUT2D eigenvalue weighted by atomic mass is 10.1. The van der Waals surface area contributed by atoms with Crippen molar-refractivity contribution in [1.82, 2.24) is 10.2 Å². The maximum Gasteiger partial charge on any atom is 0.409 e. The van der Waals surface area contributed by atoms with Crippen LogP contribution in [0.15, 0.2) is 29.3 Å². The third kappa shape index (κ3) is 7.41. The first kappa shape index (κ1) is 23.3. The van der Waals surface area contributed by atoms with Gasteiger partial charge in [0.25, 0.3) is 0 Å². The minimum atomic E-state index is -0.754. The number of nitrogens with zero attached hydrogens (tertiary/aromatic N) is 2. The zero-order valence-corrected chi connectivity index (χ0v) is 18.1. The highest BCUT2D eigenvalue weighted by molar-refractivity contribution is 14.0. The average molecular weight is 492 g/mol. The van der Waals surface area contributed by atoms with Crippen LogP contribution in [0.25, 0.3) is 0 Å². The summed E-state index contributed by atoms with van der Waals surface area (Å²) >= 11 is 0. The van der Waals surface area contributed by atoms with Crippen molar-refractivity contribution in [2.75, 3.05) is 33.4 Å². The van der Waals surface area contributed by atoms with Crippen LogP contribution in [-0.4, -0.2) is 61.5 Å². The monoisotopic (exact) mass is 492 g/mol. The maximum atomic E-state index is 11.7. The van der Waals surface area contributed by atoms with E-state index in [-0.39, 0.29) is 42.7 Å². The van der Waals surface area contributed by atoms with E-state index in [9.17, 15) is 9.90 Å². The van der Waals surface area contributed by atoms with Crippen molar-refractivity contribution in [3.05, 3.63) is 29.8 Å². The van der Waals surface area contributed by atoms with Gasteiger partial charge in [-0.1, -0.05) is 12.1 Å². The molecule has 1 aliphatic heterocycles. The van der Waals surface area contributed by atoms with Crippen LogP contribution in [0, 0.1) is 0 Å². The standard InChI is InChI=1S/C18H28N4O4.HI/c1-3-26-18(24)22-9-7-14(8-10-22)21-17(19)20-12-16(23)13-5-4-6-15(11-13)25-2;/h4-6,11,14,16,23H,3,7-10,12H2,1-2H3,(H3,19,20,21);1H. The number of aliphatic hydroxyl groups excluding tert-OH is 1. The Morgan fingerprint density at radius 1 is 1.44 bits per heavy atom. The lowest BCUT2D eigenvalue weighted by Gasteiger charge is -2.31. The van der Waals surface area contributed by atoms with Gasteiger partial charge in [-0.3, -0.25) is 4.99 Å². The first-order valence-corrected chi connectivity index (χ1v) is 8.83. The third-order valence-corrected chi connectivity index (χ3v) is 4.29. The Kier molecular flexibility index (Phi) is 10.2. The lowest BCUT2D eigenvalue weighted by Crippen LogP contribution is -2.48. The van der Waals surface area contributed by atoms with Gasteiger partial charge in [0.1, 0.15) is 5.75 Å². The summed E-state index contributed by atoms with van der Waals surface area (Å²) in [5, 5.41) is 13.4. The zero-order chi connectivity index (χ0) is 18.9. The SMILES string of the molecule is CCOC(=O)N1CCC(NC(N)=NCC(O)c2cccc(OC)c2)CC1.I. The summed E-state index contributed by atoms with van der Waals surface area (Å²) in [6, 6.07) is 7.38. The van der Waals surface area contributed by atoms with E-state index in [1.807, 2.05) is 18.2 Å². The molecule has 8 nitrogen and oxygen atoms in total. The quantitative estimate of drug-likeness (QED) is 0.318.